The number of esters is 3. The molecule has 6 nitrogen and oxygen atoms in total. The minimum absolute atomic E-state index is 0.0820. The number of rotatable bonds is 54. The second kappa shape index (κ2) is 57.7. The van der Waals surface area contributed by atoms with Crippen LogP contribution in [0.4, 0.5) is 0 Å². The number of hydrogen-bond donors (Lipinski definition) is 0. The number of unbranched alkanes of at least 4 members (excludes halogenated alkanes) is 33. The lowest BCUT2D eigenvalue weighted by Gasteiger charge is -2.18. The molecule has 1 unspecified atom stereocenters. The molecule has 6 heteroatoms. The van der Waals surface area contributed by atoms with Crippen molar-refractivity contribution in [2.24, 2.45) is 0 Å². The molecule has 0 aromatic rings. The van der Waals surface area contributed by atoms with E-state index in [1.165, 1.54) is 173 Å². The normalized spacial score (nSPS) is 12.4. The summed E-state index contributed by atoms with van der Waals surface area (Å²) in [6.45, 7) is 6.52. The van der Waals surface area contributed by atoms with Gasteiger partial charge in [-0.1, -0.05) is 261 Å². The Morgan fingerprint density at radius 3 is 0.899 bits per heavy atom. The first-order chi connectivity index (χ1) is 34.0. The van der Waals surface area contributed by atoms with Crippen LogP contribution in [0.25, 0.3) is 0 Å². The molecule has 1 atom stereocenters. The van der Waals surface area contributed by atoms with E-state index >= 15 is 0 Å². The zero-order valence-electron chi connectivity index (χ0n) is 45.8. The van der Waals surface area contributed by atoms with Gasteiger partial charge in [0.15, 0.2) is 6.10 Å². The average Bonchev–Trinajstić information content (AvgIpc) is 3.35. The van der Waals surface area contributed by atoms with E-state index in [1.54, 1.807) is 0 Å². The highest BCUT2D eigenvalue weighted by atomic mass is 16.6. The fourth-order valence-corrected chi connectivity index (χ4v) is 8.55. The van der Waals surface area contributed by atoms with Crippen molar-refractivity contribution < 1.29 is 28.6 Å². The molecular formula is C63H112O6. The van der Waals surface area contributed by atoms with Gasteiger partial charge in [0.25, 0.3) is 0 Å². The van der Waals surface area contributed by atoms with E-state index in [4.69, 9.17) is 14.2 Å². The van der Waals surface area contributed by atoms with E-state index in [0.717, 1.165) is 89.9 Å². The van der Waals surface area contributed by atoms with Crippen molar-refractivity contribution in [1.82, 2.24) is 0 Å². The molecule has 0 N–H and O–H groups in total. The smallest absolute Gasteiger partial charge is 0.306 e. The van der Waals surface area contributed by atoms with Gasteiger partial charge in [-0.25, -0.2) is 0 Å². The molecule has 0 heterocycles. The highest BCUT2D eigenvalue weighted by Crippen LogP contribution is 2.16. The fourth-order valence-electron chi connectivity index (χ4n) is 8.55. The Bertz CT molecular complexity index is 1250. The van der Waals surface area contributed by atoms with Crippen LogP contribution in [0.1, 0.15) is 303 Å². The predicted molar refractivity (Wildman–Crippen MR) is 298 cm³/mol. The van der Waals surface area contributed by atoms with Crippen LogP contribution in [0.5, 0.6) is 0 Å². The molecule has 0 aromatic heterocycles. The SMILES string of the molecule is CC/C=C\C/C=C\C/C=C\CCCCCC(=O)OCC(COC(=O)CCCCCCCCCCCCC/C=C\C/C=C\CCCCCCC)OC(=O)CCCCCCCCCCCCCCCCC. The van der Waals surface area contributed by atoms with Crippen LogP contribution < -0.4 is 0 Å². The minimum Gasteiger partial charge on any atom is -0.462 e. The van der Waals surface area contributed by atoms with Gasteiger partial charge in [0.1, 0.15) is 13.2 Å². The maximum Gasteiger partial charge on any atom is 0.306 e. The lowest BCUT2D eigenvalue weighted by Crippen LogP contribution is -2.30. The van der Waals surface area contributed by atoms with Gasteiger partial charge < -0.3 is 14.2 Å². The molecule has 69 heavy (non-hydrogen) atoms. The molecule has 0 fully saturated rings. The van der Waals surface area contributed by atoms with E-state index in [0.29, 0.717) is 19.3 Å². The molecule has 0 aliphatic carbocycles. The average molecular weight is 966 g/mol. The Labute approximate surface area is 428 Å². The Balaban J connectivity index is 4.31. The second-order valence-electron chi connectivity index (χ2n) is 19.9. The summed E-state index contributed by atoms with van der Waals surface area (Å²) in [7, 11) is 0. The van der Waals surface area contributed by atoms with E-state index in [2.05, 4.69) is 81.5 Å². The molecule has 0 saturated carbocycles. The van der Waals surface area contributed by atoms with Crippen molar-refractivity contribution in [1.29, 1.82) is 0 Å². The molecule has 0 bridgehead atoms. The van der Waals surface area contributed by atoms with Crippen LogP contribution in [0.2, 0.25) is 0 Å². The van der Waals surface area contributed by atoms with E-state index in [-0.39, 0.29) is 31.1 Å². The monoisotopic (exact) mass is 965 g/mol. The van der Waals surface area contributed by atoms with Crippen molar-refractivity contribution >= 4 is 17.9 Å². The number of hydrogen-bond acceptors (Lipinski definition) is 6. The van der Waals surface area contributed by atoms with Gasteiger partial charge in [0, 0.05) is 19.3 Å². The summed E-state index contributed by atoms with van der Waals surface area (Å²) >= 11 is 0. The molecule has 0 amide bonds. The first kappa shape index (κ1) is 66.1. The van der Waals surface area contributed by atoms with Crippen LogP contribution in [-0.4, -0.2) is 37.2 Å². The highest BCUT2D eigenvalue weighted by Gasteiger charge is 2.19. The van der Waals surface area contributed by atoms with E-state index < -0.39 is 6.10 Å². The second-order valence-corrected chi connectivity index (χ2v) is 19.9. The van der Waals surface area contributed by atoms with Crippen LogP contribution in [0.15, 0.2) is 60.8 Å². The fraction of sp³-hybridized carbons (Fsp3) is 0.794. The summed E-state index contributed by atoms with van der Waals surface area (Å²) in [4.78, 5) is 38.2. The molecule has 0 rings (SSSR count). The van der Waals surface area contributed by atoms with Gasteiger partial charge in [-0.3, -0.25) is 14.4 Å². The lowest BCUT2D eigenvalue weighted by atomic mass is 10.0. The molecule has 400 valence electrons. The molecule has 0 aromatic carbocycles. The summed E-state index contributed by atoms with van der Waals surface area (Å²) in [5, 5.41) is 0. The first-order valence-corrected chi connectivity index (χ1v) is 29.8. The third kappa shape index (κ3) is 55.9. The van der Waals surface area contributed by atoms with Crippen LogP contribution in [-0.2, 0) is 28.6 Å². The first-order valence-electron chi connectivity index (χ1n) is 29.8. The lowest BCUT2D eigenvalue weighted by molar-refractivity contribution is -0.167. The summed E-state index contributed by atoms with van der Waals surface area (Å²) < 4.78 is 16.9. The van der Waals surface area contributed by atoms with Crippen molar-refractivity contribution in [2.75, 3.05) is 13.2 Å². The van der Waals surface area contributed by atoms with Gasteiger partial charge in [-0.15, -0.1) is 0 Å². The summed E-state index contributed by atoms with van der Waals surface area (Å²) in [5.74, 6) is -0.901. The van der Waals surface area contributed by atoms with Crippen LogP contribution in [0, 0.1) is 0 Å². The topological polar surface area (TPSA) is 78.9 Å². The van der Waals surface area contributed by atoms with Gasteiger partial charge in [0.05, 0.1) is 0 Å². The van der Waals surface area contributed by atoms with Gasteiger partial charge in [-0.2, -0.15) is 0 Å². The van der Waals surface area contributed by atoms with Crippen molar-refractivity contribution in [2.45, 2.75) is 309 Å². The molecule has 0 aliphatic rings. The van der Waals surface area contributed by atoms with Crippen LogP contribution >= 0.6 is 0 Å². The van der Waals surface area contributed by atoms with Crippen molar-refractivity contribution in [3.05, 3.63) is 60.8 Å². The third-order valence-electron chi connectivity index (χ3n) is 13.0. The summed E-state index contributed by atoms with van der Waals surface area (Å²) in [6.07, 6.45) is 72.2. The summed E-state index contributed by atoms with van der Waals surface area (Å²) in [5.41, 5.74) is 0. The van der Waals surface area contributed by atoms with Crippen molar-refractivity contribution in [3.8, 4) is 0 Å². The molecular weight excluding hydrogens is 853 g/mol. The van der Waals surface area contributed by atoms with E-state index in [9.17, 15) is 14.4 Å². The predicted octanol–water partition coefficient (Wildman–Crippen LogP) is 20.0. The third-order valence-corrected chi connectivity index (χ3v) is 13.0. The maximum absolute atomic E-state index is 12.9. The molecule has 0 saturated heterocycles. The Hall–Kier alpha value is -2.89. The molecule has 0 spiro atoms. The zero-order chi connectivity index (χ0) is 50.0. The number of carbonyl (C=O) groups is 3. The Kier molecular flexibility index (Phi) is 55.3. The quantitative estimate of drug-likeness (QED) is 0.0262. The van der Waals surface area contributed by atoms with E-state index in [1.807, 2.05) is 0 Å². The number of allylic oxidation sites excluding steroid dienone is 10. The van der Waals surface area contributed by atoms with Gasteiger partial charge in [0.2, 0.25) is 0 Å². The number of carbonyl (C=O) groups excluding carboxylic acids is 3. The van der Waals surface area contributed by atoms with Gasteiger partial charge in [-0.05, 0) is 83.5 Å². The maximum atomic E-state index is 12.9. The molecule has 0 radical (unpaired) electrons. The molecule has 0 aliphatic heterocycles. The highest BCUT2D eigenvalue weighted by molar-refractivity contribution is 5.71. The van der Waals surface area contributed by atoms with Crippen molar-refractivity contribution in [3.63, 3.8) is 0 Å². The Morgan fingerprint density at radius 2 is 0.565 bits per heavy atom. The largest absolute Gasteiger partial charge is 0.462 e. The minimum atomic E-state index is -0.785. The standard InChI is InChI=1S/C63H112O6/c1-4-7-10-13-16-19-22-25-27-28-29-30-31-32-33-34-36-38-41-44-47-50-53-56-62(65)68-59-60(58-67-61(64)55-52-49-46-43-40-37-24-21-18-15-12-9-6-3)69-63(66)57-54-51-48-45-42-39-35-26-23-20-17-14-11-8-5-2/h9,12,18,21-22,25,28-29,37,40,60H,4-8,10-11,13-17,19-20,23-24,26-27,30-36,38-39,41-59H2,1-3H3/b12-9-,21-18-,25-22-,29-28-,40-37-. The zero-order valence-corrected chi connectivity index (χ0v) is 45.8. The van der Waals surface area contributed by atoms with Crippen LogP contribution in [0.3, 0.4) is 0 Å². The van der Waals surface area contributed by atoms with Gasteiger partial charge >= 0.3 is 17.9 Å². The Morgan fingerprint density at radius 1 is 0.304 bits per heavy atom. The number of ether oxygens (including phenoxy) is 3. The summed E-state index contributed by atoms with van der Waals surface area (Å²) in [6, 6.07) is 0.